The molecule has 0 spiro atoms. The van der Waals surface area contributed by atoms with Crippen molar-refractivity contribution >= 4 is 76.2 Å². The van der Waals surface area contributed by atoms with Gasteiger partial charge in [0, 0.05) is 49.0 Å². The van der Waals surface area contributed by atoms with Gasteiger partial charge >= 0.3 is 0 Å². The van der Waals surface area contributed by atoms with Crippen molar-refractivity contribution < 1.29 is 34.3 Å². The Kier molecular flexibility index (Phi) is 4.71. The third-order valence-electron chi connectivity index (χ3n) is 11.3. The second-order valence-corrected chi connectivity index (χ2v) is 15.9. The van der Waals surface area contributed by atoms with Gasteiger partial charge in [0.05, 0.1) is 51.0 Å². The SMILES string of the molecule is [2H]c1c([2H])c(-c2sc(-c3c([2H])c([2H])c([2H])c4c([2H])c([2H])c([2H])c([2H])c34)c(-c3c([2H])c([2H])c([2H])c4c([2H])c([2H])c([2H])c([2H])c34)c2-c2c([2H])c([2H])c([2H])c3c([2H])c([2H])c([2H])c([2H])c23)c([2H])c(-c2ccc(-c3ccc4ccc5cccnc5c4n3)c3ccccc23)c1[2H]. The van der Waals surface area contributed by atoms with E-state index in [1.54, 1.807) is 42.6 Å². The van der Waals surface area contributed by atoms with Gasteiger partial charge in [-0.15, -0.1) is 11.3 Å². The molecule has 0 N–H and O–H groups in total. The second-order valence-electron chi connectivity index (χ2n) is 14.9. The van der Waals surface area contributed by atoms with Crippen LogP contribution in [0.4, 0.5) is 0 Å². The lowest BCUT2D eigenvalue weighted by atomic mass is 9.86. The third-order valence-corrected chi connectivity index (χ3v) is 12.6. The summed E-state index contributed by atoms with van der Waals surface area (Å²) in [5.41, 5.74) is -1.86. The van der Waals surface area contributed by atoms with Gasteiger partial charge < -0.3 is 0 Å². The van der Waals surface area contributed by atoms with Crippen LogP contribution < -0.4 is 0 Å². The van der Waals surface area contributed by atoms with Gasteiger partial charge in [-0.2, -0.15) is 0 Å². The number of aromatic nitrogens is 2. The Labute approximate surface area is 415 Å². The molecule has 0 bridgehead atoms. The first-order chi connectivity index (χ1) is 42.6. The van der Waals surface area contributed by atoms with E-state index < -0.39 is 227 Å². The van der Waals surface area contributed by atoms with Crippen LogP contribution in [0.3, 0.4) is 0 Å². The highest BCUT2D eigenvalue weighted by Crippen LogP contribution is 2.55. The van der Waals surface area contributed by atoms with Crippen molar-refractivity contribution in [1.29, 1.82) is 0 Å². The Hall–Kier alpha value is -8.24. The molecule has 0 saturated heterocycles. The summed E-state index contributed by atoms with van der Waals surface area (Å²) in [5, 5.41) is -1.32. The first-order valence-corrected chi connectivity index (χ1v) is 20.9. The van der Waals surface area contributed by atoms with Crippen LogP contribution in [0.5, 0.6) is 0 Å². The van der Waals surface area contributed by atoms with Crippen molar-refractivity contribution in [2.45, 2.75) is 0 Å². The number of hydrogen-bond acceptors (Lipinski definition) is 3. The lowest BCUT2D eigenvalue weighted by molar-refractivity contribution is 1.37. The molecule has 2 nitrogen and oxygen atoms in total. The molecule has 0 amide bonds. The summed E-state index contributed by atoms with van der Waals surface area (Å²) in [6.45, 7) is 0. The average Bonchev–Trinajstić information content (AvgIpc) is 1.41. The van der Waals surface area contributed by atoms with E-state index in [0.29, 0.717) is 44.4 Å². The summed E-state index contributed by atoms with van der Waals surface area (Å²) in [6.07, 6.45) is 1.66. The zero-order valence-corrected chi connectivity index (χ0v) is 34.1. The molecule has 3 heterocycles. The lowest BCUT2D eigenvalue weighted by Crippen LogP contribution is -1.91. The summed E-state index contributed by atoms with van der Waals surface area (Å²) in [6, 6.07) is -0.882. The number of pyridine rings is 2. The molecule has 0 radical (unpaired) electrons. The molecule has 13 aromatic rings. The molecule has 10 aromatic carbocycles. The molecule has 0 saturated carbocycles. The summed E-state index contributed by atoms with van der Waals surface area (Å²) >= 11 is 0.409. The standard InChI is InChI=1S/C62H38N2S/c1-4-23-46-39(14-1)17-10-28-53(46)57-58(54-29-11-18-40-15-2-5-24-47(40)54)62(55-30-12-19-41-16-3-6-25-48(41)55)65-61(57)45-21-9-20-44(38-45)49-34-35-52(51-27-8-7-26-50(49)51)56-36-33-43-32-31-42-22-13-37-63-59(42)60(43)64-56/h1-38H/i1D,2D,3D,4D,5D,6D,9D,10D,11D,12D,14D,15D,16D,17D,18D,19D,20D,21D,23D,24D,25D,28D,29D,30D,38D. The highest BCUT2D eigenvalue weighted by molar-refractivity contribution is 7.20. The van der Waals surface area contributed by atoms with E-state index in [1.165, 1.54) is 0 Å². The molecular weight excluding hydrogens is 805 g/mol. The van der Waals surface area contributed by atoms with E-state index in [-0.39, 0.29) is 11.1 Å². The van der Waals surface area contributed by atoms with Crippen molar-refractivity contribution in [2.75, 3.05) is 0 Å². The fourth-order valence-corrected chi connectivity index (χ4v) is 9.72. The van der Waals surface area contributed by atoms with Gasteiger partial charge in [0.1, 0.15) is 0 Å². The highest BCUT2D eigenvalue weighted by Gasteiger charge is 2.27. The molecule has 3 heteroatoms. The van der Waals surface area contributed by atoms with Gasteiger partial charge in [-0.25, -0.2) is 4.98 Å². The maximum Gasteiger partial charge on any atom is 0.0972 e. The summed E-state index contributed by atoms with van der Waals surface area (Å²) in [5.74, 6) is 0. The zero-order valence-electron chi connectivity index (χ0n) is 58.3. The maximum atomic E-state index is 10.5. The molecule has 0 fully saturated rings. The number of benzene rings is 10. The molecule has 13 rings (SSSR count). The third kappa shape index (κ3) is 6.16. The highest BCUT2D eigenvalue weighted by atomic mass is 32.1. The predicted octanol–water partition coefficient (Wildman–Crippen LogP) is 17.5. The number of rotatable bonds is 6. The molecule has 0 aliphatic heterocycles. The minimum absolute atomic E-state index is 0.152. The topological polar surface area (TPSA) is 25.8 Å². The molecule has 3 aromatic heterocycles. The number of thiophene rings is 1. The van der Waals surface area contributed by atoms with Crippen LogP contribution in [0.2, 0.25) is 0 Å². The van der Waals surface area contributed by atoms with Crippen LogP contribution in [0, 0.1) is 0 Å². The van der Waals surface area contributed by atoms with Crippen LogP contribution in [-0.4, -0.2) is 9.97 Å². The number of nitrogens with zero attached hydrogens (tertiary/aromatic N) is 2. The molecule has 0 aliphatic carbocycles. The smallest absolute Gasteiger partial charge is 0.0972 e. The van der Waals surface area contributed by atoms with Crippen molar-refractivity contribution in [1.82, 2.24) is 9.97 Å². The van der Waals surface area contributed by atoms with Crippen molar-refractivity contribution in [3.8, 4) is 65.5 Å². The van der Waals surface area contributed by atoms with E-state index >= 15 is 0 Å². The molecule has 65 heavy (non-hydrogen) atoms. The number of hydrogen-bond donors (Lipinski definition) is 0. The van der Waals surface area contributed by atoms with Gasteiger partial charge in [0.25, 0.3) is 0 Å². The van der Waals surface area contributed by atoms with Crippen LogP contribution >= 0.6 is 11.3 Å². The van der Waals surface area contributed by atoms with Crippen molar-refractivity contribution in [3.63, 3.8) is 0 Å². The van der Waals surface area contributed by atoms with Crippen LogP contribution in [0.15, 0.2) is 230 Å². The Morgan fingerprint density at radius 1 is 0.354 bits per heavy atom. The summed E-state index contributed by atoms with van der Waals surface area (Å²) in [7, 11) is 0. The molecule has 0 unspecified atom stereocenters. The van der Waals surface area contributed by atoms with E-state index in [4.69, 9.17) is 18.7 Å². The fraction of sp³-hybridized carbons (Fsp3) is 0. The largest absolute Gasteiger partial charge is 0.254 e. The Bertz CT molecular complexity index is 5490. The van der Waals surface area contributed by atoms with Crippen LogP contribution in [-0.2, 0) is 0 Å². The molecule has 0 aliphatic rings. The molecule has 302 valence electrons. The van der Waals surface area contributed by atoms with Gasteiger partial charge in [-0.3, -0.25) is 4.98 Å². The minimum atomic E-state index is -1.01. The second kappa shape index (κ2) is 15.2. The fourth-order valence-electron chi connectivity index (χ4n) is 8.45. The van der Waals surface area contributed by atoms with E-state index in [9.17, 15) is 20.6 Å². The Morgan fingerprint density at radius 3 is 1.57 bits per heavy atom. The first-order valence-electron chi connectivity index (χ1n) is 32.6. The predicted molar refractivity (Wildman–Crippen MR) is 278 cm³/mol. The van der Waals surface area contributed by atoms with Gasteiger partial charge in [-0.05, 0) is 89.1 Å². The Morgan fingerprint density at radius 2 is 0.877 bits per heavy atom. The van der Waals surface area contributed by atoms with Gasteiger partial charge in [0.2, 0.25) is 0 Å². The van der Waals surface area contributed by atoms with Gasteiger partial charge in [-0.1, -0.05) is 206 Å². The van der Waals surface area contributed by atoms with Crippen LogP contribution in [0.1, 0.15) is 34.3 Å². The quantitative estimate of drug-likeness (QED) is 0.156. The van der Waals surface area contributed by atoms with Gasteiger partial charge in [0.15, 0.2) is 0 Å². The minimum Gasteiger partial charge on any atom is -0.254 e. The van der Waals surface area contributed by atoms with Crippen molar-refractivity contribution in [2.24, 2.45) is 0 Å². The summed E-state index contributed by atoms with van der Waals surface area (Å²) < 4.78 is 234. The summed E-state index contributed by atoms with van der Waals surface area (Å²) in [4.78, 5) is 8.62. The number of fused-ring (bicyclic) bond motifs is 7. The monoisotopic (exact) mass is 867 g/mol. The van der Waals surface area contributed by atoms with E-state index in [1.807, 2.05) is 36.4 Å². The average molecular weight is 868 g/mol. The van der Waals surface area contributed by atoms with E-state index in [2.05, 4.69) is 4.98 Å². The van der Waals surface area contributed by atoms with Crippen molar-refractivity contribution in [3.05, 3.63) is 230 Å². The normalized spacial score (nSPS) is 17.1. The maximum absolute atomic E-state index is 10.5. The van der Waals surface area contributed by atoms with Crippen LogP contribution in [0.25, 0.3) is 130 Å². The zero-order chi connectivity index (χ0) is 64.6. The Balaban J connectivity index is 1.28. The lowest BCUT2D eigenvalue weighted by Gasteiger charge is -2.16. The first kappa shape index (κ1) is 20.1. The molecule has 0 atom stereocenters. The molecular formula is C62H38N2S. The van der Waals surface area contributed by atoms with E-state index in [0.717, 1.165) is 10.8 Å².